The molecule has 0 radical (unpaired) electrons. The van der Waals surface area contributed by atoms with E-state index in [1.807, 2.05) is 0 Å². The Kier molecular flexibility index (Phi) is 5.76. The van der Waals surface area contributed by atoms with Gasteiger partial charge in [0.15, 0.2) is 11.5 Å². The highest BCUT2D eigenvalue weighted by atomic mass is 19.3. The van der Waals surface area contributed by atoms with Crippen LogP contribution in [0.2, 0.25) is 0 Å². The molecule has 0 aliphatic carbocycles. The van der Waals surface area contributed by atoms with Crippen molar-refractivity contribution in [2.45, 2.75) is 26.0 Å². The fourth-order valence-corrected chi connectivity index (χ4v) is 2.64. The van der Waals surface area contributed by atoms with E-state index in [0.29, 0.717) is 23.8 Å². The molecule has 1 aliphatic rings. The largest absolute Gasteiger partial charge is 0.493 e. The smallest absolute Gasteiger partial charge is 0.387 e. The Balaban J connectivity index is 2.08. The predicted molar refractivity (Wildman–Crippen MR) is 74.7 cm³/mol. The summed E-state index contributed by atoms with van der Waals surface area (Å²) < 4.78 is 34.9. The highest BCUT2D eigenvalue weighted by Crippen LogP contribution is 2.33. The molecule has 1 aromatic carbocycles. The maximum atomic E-state index is 12.6. The minimum Gasteiger partial charge on any atom is -0.493 e. The van der Waals surface area contributed by atoms with Crippen LogP contribution in [0.25, 0.3) is 0 Å². The second kappa shape index (κ2) is 7.56. The summed E-state index contributed by atoms with van der Waals surface area (Å²) >= 11 is 0. The molecule has 6 heteroatoms. The van der Waals surface area contributed by atoms with Crippen LogP contribution in [0, 0.1) is 5.92 Å². The zero-order valence-electron chi connectivity index (χ0n) is 12.1. The molecule has 2 rings (SSSR count). The summed E-state index contributed by atoms with van der Waals surface area (Å²) in [6.07, 6.45) is 1.84. The number of para-hydroxylation sites is 1. The van der Waals surface area contributed by atoms with Crippen molar-refractivity contribution in [1.82, 2.24) is 4.90 Å². The molecule has 0 atom stereocenters. The number of ether oxygens (including phenoxy) is 2. The van der Waals surface area contributed by atoms with Gasteiger partial charge in [0.25, 0.3) is 0 Å². The molecule has 1 fully saturated rings. The van der Waals surface area contributed by atoms with E-state index in [0.717, 1.165) is 25.9 Å². The average Bonchev–Trinajstić information content (AvgIpc) is 2.49. The first-order valence-electron chi connectivity index (χ1n) is 7.08. The van der Waals surface area contributed by atoms with Crippen LogP contribution in [0.5, 0.6) is 11.5 Å². The van der Waals surface area contributed by atoms with Crippen molar-refractivity contribution in [3.05, 3.63) is 23.8 Å². The maximum Gasteiger partial charge on any atom is 0.387 e. The van der Waals surface area contributed by atoms with E-state index in [1.54, 1.807) is 18.2 Å². The van der Waals surface area contributed by atoms with E-state index in [4.69, 9.17) is 9.84 Å². The van der Waals surface area contributed by atoms with E-state index < -0.39 is 6.61 Å². The lowest BCUT2D eigenvalue weighted by Crippen LogP contribution is -2.34. The number of alkyl halides is 2. The van der Waals surface area contributed by atoms with E-state index in [-0.39, 0.29) is 12.4 Å². The Hall–Kier alpha value is -1.40. The molecule has 0 amide bonds. The zero-order chi connectivity index (χ0) is 15.2. The molecule has 118 valence electrons. The molecule has 0 spiro atoms. The number of methoxy groups -OCH3 is 1. The molecule has 0 bridgehead atoms. The maximum absolute atomic E-state index is 12.6. The molecule has 1 aromatic rings. The molecule has 1 heterocycles. The highest BCUT2D eigenvalue weighted by Gasteiger charge is 2.21. The first kappa shape index (κ1) is 16.0. The lowest BCUT2D eigenvalue weighted by molar-refractivity contribution is -0.0522. The van der Waals surface area contributed by atoms with Gasteiger partial charge in [0, 0.05) is 18.7 Å². The Morgan fingerprint density at radius 3 is 2.62 bits per heavy atom. The summed E-state index contributed by atoms with van der Waals surface area (Å²) in [6.45, 7) is -0.433. The van der Waals surface area contributed by atoms with Gasteiger partial charge in [-0.15, -0.1) is 0 Å². The van der Waals surface area contributed by atoms with Gasteiger partial charge in [0.05, 0.1) is 7.11 Å². The molecule has 0 aromatic heterocycles. The molecule has 1 N–H and O–H groups in total. The van der Waals surface area contributed by atoms with Gasteiger partial charge in [-0.3, -0.25) is 4.90 Å². The van der Waals surface area contributed by atoms with Gasteiger partial charge in [-0.25, -0.2) is 0 Å². The van der Waals surface area contributed by atoms with Crippen molar-refractivity contribution in [1.29, 1.82) is 0 Å². The number of halogens is 2. The van der Waals surface area contributed by atoms with Crippen LogP contribution in [0.3, 0.4) is 0 Å². The van der Waals surface area contributed by atoms with Gasteiger partial charge >= 0.3 is 6.61 Å². The number of benzene rings is 1. The van der Waals surface area contributed by atoms with Gasteiger partial charge in [-0.05, 0) is 37.9 Å². The third kappa shape index (κ3) is 4.28. The topological polar surface area (TPSA) is 41.9 Å². The van der Waals surface area contributed by atoms with Crippen molar-refractivity contribution >= 4 is 0 Å². The summed E-state index contributed by atoms with van der Waals surface area (Å²) in [5.74, 6) is 0.778. The van der Waals surface area contributed by atoms with Crippen molar-refractivity contribution < 1.29 is 23.4 Å². The van der Waals surface area contributed by atoms with E-state index in [9.17, 15) is 8.78 Å². The molecule has 21 heavy (non-hydrogen) atoms. The van der Waals surface area contributed by atoms with Crippen LogP contribution in [0.1, 0.15) is 18.4 Å². The van der Waals surface area contributed by atoms with Crippen LogP contribution in [-0.4, -0.2) is 43.4 Å². The number of rotatable bonds is 6. The SMILES string of the molecule is COc1cccc(CN2CCC(CO)CC2)c1OC(F)F. The zero-order valence-corrected chi connectivity index (χ0v) is 12.1. The molecule has 1 aliphatic heterocycles. The van der Waals surface area contributed by atoms with Crippen molar-refractivity contribution in [2.24, 2.45) is 5.92 Å². The summed E-state index contributed by atoms with van der Waals surface area (Å²) in [6, 6.07) is 5.16. The Labute approximate surface area is 123 Å². The summed E-state index contributed by atoms with van der Waals surface area (Å²) in [4.78, 5) is 2.18. The lowest BCUT2D eigenvalue weighted by atomic mass is 9.97. The number of nitrogens with zero attached hydrogens (tertiary/aromatic N) is 1. The third-order valence-electron chi connectivity index (χ3n) is 3.85. The predicted octanol–water partition coefficient (Wildman–Crippen LogP) is 2.50. The van der Waals surface area contributed by atoms with E-state index in [2.05, 4.69) is 9.64 Å². The molecule has 0 saturated carbocycles. The van der Waals surface area contributed by atoms with Gasteiger partial charge in [0.1, 0.15) is 0 Å². The molecule has 0 unspecified atom stereocenters. The van der Waals surface area contributed by atoms with E-state index >= 15 is 0 Å². The summed E-state index contributed by atoms with van der Waals surface area (Å²) in [5, 5.41) is 9.14. The van der Waals surface area contributed by atoms with Crippen molar-refractivity contribution in [3.63, 3.8) is 0 Å². The second-order valence-electron chi connectivity index (χ2n) is 5.23. The van der Waals surface area contributed by atoms with Crippen LogP contribution >= 0.6 is 0 Å². The number of likely N-dealkylation sites (tertiary alicyclic amines) is 1. The molecular formula is C15H21F2NO3. The fraction of sp³-hybridized carbons (Fsp3) is 0.600. The standard InChI is InChI=1S/C15H21F2NO3/c1-20-13-4-2-3-12(14(13)21-15(16)17)9-18-7-5-11(10-19)6-8-18/h2-4,11,15,19H,5-10H2,1H3. The van der Waals surface area contributed by atoms with Crippen LogP contribution in [-0.2, 0) is 6.54 Å². The quantitative estimate of drug-likeness (QED) is 0.876. The Morgan fingerprint density at radius 1 is 1.33 bits per heavy atom. The van der Waals surface area contributed by atoms with Gasteiger partial charge in [-0.1, -0.05) is 12.1 Å². The average molecular weight is 301 g/mol. The number of aliphatic hydroxyl groups is 1. The van der Waals surface area contributed by atoms with Gasteiger partial charge in [-0.2, -0.15) is 8.78 Å². The van der Waals surface area contributed by atoms with Crippen molar-refractivity contribution in [3.8, 4) is 11.5 Å². The summed E-state index contributed by atoms with van der Waals surface area (Å²) in [7, 11) is 1.43. The Bertz CT molecular complexity index is 449. The normalized spacial score (nSPS) is 17.2. The second-order valence-corrected chi connectivity index (χ2v) is 5.23. The molecular weight excluding hydrogens is 280 g/mol. The number of piperidine rings is 1. The van der Waals surface area contributed by atoms with Gasteiger partial charge in [0.2, 0.25) is 0 Å². The van der Waals surface area contributed by atoms with Crippen molar-refractivity contribution in [2.75, 3.05) is 26.8 Å². The fourth-order valence-electron chi connectivity index (χ4n) is 2.64. The van der Waals surface area contributed by atoms with Crippen LogP contribution in [0.15, 0.2) is 18.2 Å². The molecule has 1 saturated heterocycles. The lowest BCUT2D eigenvalue weighted by Gasteiger charge is -2.31. The number of hydrogen-bond acceptors (Lipinski definition) is 4. The van der Waals surface area contributed by atoms with E-state index in [1.165, 1.54) is 7.11 Å². The number of hydrogen-bond donors (Lipinski definition) is 1. The molecule has 4 nitrogen and oxygen atoms in total. The van der Waals surface area contributed by atoms with Crippen LogP contribution in [0.4, 0.5) is 8.78 Å². The van der Waals surface area contributed by atoms with Crippen LogP contribution < -0.4 is 9.47 Å². The monoisotopic (exact) mass is 301 g/mol. The minimum atomic E-state index is -2.87. The highest BCUT2D eigenvalue weighted by molar-refractivity contribution is 5.46. The minimum absolute atomic E-state index is 0.110. The number of aliphatic hydroxyl groups excluding tert-OH is 1. The third-order valence-corrected chi connectivity index (χ3v) is 3.85. The van der Waals surface area contributed by atoms with Gasteiger partial charge < -0.3 is 14.6 Å². The first-order chi connectivity index (χ1) is 10.1. The first-order valence-corrected chi connectivity index (χ1v) is 7.08. The Morgan fingerprint density at radius 2 is 2.05 bits per heavy atom. The summed E-state index contributed by atoms with van der Waals surface area (Å²) in [5.41, 5.74) is 0.692.